The molecule has 1 fully saturated rings. The van der Waals surface area contributed by atoms with Crippen molar-refractivity contribution in [1.82, 2.24) is 4.90 Å². The first-order valence-corrected chi connectivity index (χ1v) is 7.07. The Morgan fingerprint density at radius 3 is 2.58 bits per heavy atom. The lowest BCUT2D eigenvalue weighted by atomic mass is 9.82. The summed E-state index contributed by atoms with van der Waals surface area (Å²) in [7, 11) is 2.05. The van der Waals surface area contributed by atoms with E-state index in [1.807, 2.05) is 38.2 Å². The van der Waals surface area contributed by atoms with Gasteiger partial charge in [0, 0.05) is 5.56 Å². The van der Waals surface area contributed by atoms with Gasteiger partial charge in [-0.15, -0.1) is 0 Å². The van der Waals surface area contributed by atoms with Crippen molar-refractivity contribution < 1.29 is 9.53 Å². The van der Waals surface area contributed by atoms with E-state index in [1.165, 1.54) is 6.42 Å². The van der Waals surface area contributed by atoms with Gasteiger partial charge >= 0.3 is 0 Å². The molecule has 1 atom stereocenters. The molecule has 0 N–H and O–H groups in total. The number of hydrogen-bond donors (Lipinski definition) is 0. The number of rotatable bonds is 4. The van der Waals surface area contributed by atoms with Crippen molar-refractivity contribution in [3.8, 4) is 5.75 Å². The SMILES string of the molecule is CCOc1ccc(C(=O)C2(C)CCCCN2C)cc1. The average Bonchev–Trinajstić information content (AvgIpc) is 2.43. The summed E-state index contributed by atoms with van der Waals surface area (Å²) in [5.41, 5.74) is 0.422. The Morgan fingerprint density at radius 2 is 2.00 bits per heavy atom. The first kappa shape index (κ1) is 14.1. The number of carbonyl (C=O) groups excluding carboxylic acids is 1. The van der Waals surface area contributed by atoms with E-state index in [9.17, 15) is 4.79 Å². The van der Waals surface area contributed by atoms with Crippen molar-refractivity contribution in [2.24, 2.45) is 0 Å². The topological polar surface area (TPSA) is 29.5 Å². The molecule has 3 nitrogen and oxygen atoms in total. The van der Waals surface area contributed by atoms with E-state index in [0.29, 0.717) is 6.61 Å². The number of carbonyl (C=O) groups is 1. The van der Waals surface area contributed by atoms with E-state index in [1.54, 1.807) is 0 Å². The molecule has 1 aromatic rings. The summed E-state index contributed by atoms with van der Waals surface area (Å²) in [5, 5.41) is 0. The zero-order valence-corrected chi connectivity index (χ0v) is 12.1. The zero-order valence-electron chi connectivity index (χ0n) is 12.1. The van der Waals surface area contributed by atoms with E-state index in [0.717, 1.165) is 30.7 Å². The van der Waals surface area contributed by atoms with Crippen molar-refractivity contribution in [3.63, 3.8) is 0 Å². The third-order valence-electron chi connectivity index (χ3n) is 4.17. The second-order valence-electron chi connectivity index (χ2n) is 5.44. The van der Waals surface area contributed by atoms with Gasteiger partial charge in [0.2, 0.25) is 0 Å². The van der Waals surface area contributed by atoms with E-state index in [4.69, 9.17) is 4.74 Å². The van der Waals surface area contributed by atoms with Crippen LogP contribution in [0, 0.1) is 0 Å². The lowest BCUT2D eigenvalue weighted by Crippen LogP contribution is -2.53. The average molecular weight is 261 g/mol. The van der Waals surface area contributed by atoms with Gasteiger partial charge in [-0.05, 0) is 71.0 Å². The molecule has 0 aromatic heterocycles. The van der Waals surface area contributed by atoms with Crippen molar-refractivity contribution in [2.45, 2.75) is 38.6 Å². The molecule has 19 heavy (non-hydrogen) atoms. The molecule has 1 saturated heterocycles. The Labute approximate surface area is 115 Å². The summed E-state index contributed by atoms with van der Waals surface area (Å²) in [6, 6.07) is 7.51. The van der Waals surface area contributed by atoms with Crippen molar-refractivity contribution in [3.05, 3.63) is 29.8 Å². The normalized spacial score (nSPS) is 24.2. The van der Waals surface area contributed by atoms with E-state index in [2.05, 4.69) is 11.8 Å². The molecule has 1 aliphatic rings. The molecule has 0 amide bonds. The summed E-state index contributed by atoms with van der Waals surface area (Å²) in [6.07, 6.45) is 3.25. The summed E-state index contributed by atoms with van der Waals surface area (Å²) < 4.78 is 5.41. The number of ketones is 1. The fourth-order valence-electron chi connectivity index (χ4n) is 2.72. The molecule has 0 spiro atoms. The van der Waals surface area contributed by atoms with E-state index >= 15 is 0 Å². The van der Waals surface area contributed by atoms with Gasteiger partial charge in [0.15, 0.2) is 5.78 Å². The van der Waals surface area contributed by atoms with Crippen LogP contribution in [0.5, 0.6) is 5.75 Å². The second-order valence-corrected chi connectivity index (χ2v) is 5.44. The third kappa shape index (κ3) is 2.81. The van der Waals surface area contributed by atoms with Crippen molar-refractivity contribution >= 4 is 5.78 Å². The lowest BCUT2D eigenvalue weighted by Gasteiger charge is -2.41. The minimum absolute atomic E-state index is 0.220. The van der Waals surface area contributed by atoms with Crippen LogP contribution in [0.1, 0.15) is 43.5 Å². The molecular formula is C16H23NO2. The monoisotopic (exact) mass is 261 g/mol. The van der Waals surface area contributed by atoms with Gasteiger partial charge in [-0.1, -0.05) is 0 Å². The highest BCUT2D eigenvalue weighted by molar-refractivity contribution is 6.03. The van der Waals surface area contributed by atoms with Gasteiger partial charge in [0.05, 0.1) is 12.1 Å². The molecule has 104 valence electrons. The number of piperidine rings is 1. The van der Waals surface area contributed by atoms with Gasteiger partial charge in [-0.25, -0.2) is 0 Å². The van der Waals surface area contributed by atoms with Crippen LogP contribution < -0.4 is 4.74 Å². The zero-order chi connectivity index (χ0) is 13.9. The minimum Gasteiger partial charge on any atom is -0.494 e. The molecule has 0 bridgehead atoms. The van der Waals surface area contributed by atoms with E-state index in [-0.39, 0.29) is 11.3 Å². The highest BCUT2D eigenvalue weighted by atomic mass is 16.5. The molecule has 1 aromatic carbocycles. The van der Waals surface area contributed by atoms with E-state index < -0.39 is 0 Å². The minimum atomic E-state index is -0.356. The van der Waals surface area contributed by atoms with Gasteiger partial charge in [0.1, 0.15) is 5.75 Å². The number of Topliss-reactive ketones (excluding diaryl/α,β-unsaturated/α-hetero) is 1. The highest BCUT2D eigenvalue weighted by Gasteiger charge is 2.39. The molecule has 0 radical (unpaired) electrons. The Bertz CT molecular complexity index is 441. The molecular weight excluding hydrogens is 238 g/mol. The van der Waals surface area contributed by atoms with Gasteiger partial charge in [-0.2, -0.15) is 0 Å². The smallest absolute Gasteiger partial charge is 0.182 e. The maximum atomic E-state index is 12.7. The van der Waals surface area contributed by atoms with Crippen LogP contribution >= 0.6 is 0 Å². The number of benzene rings is 1. The number of hydrogen-bond acceptors (Lipinski definition) is 3. The molecule has 1 unspecified atom stereocenters. The third-order valence-corrected chi connectivity index (χ3v) is 4.17. The predicted molar refractivity (Wildman–Crippen MR) is 76.8 cm³/mol. The molecule has 1 heterocycles. The molecule has 0 saturated carbocycles. The van der Waals surface area contributed by atoms with Gasteiger partial charge in [0.25, 0.3) is 0 Å². The van der Waals surface area contributed by atoms with Gasteiger partial charge in [-0.3, -0.25) is 9.69 Å². The number of nitrogens with zero attached hydrogens (tertiary/aromatic N) is 1. The standard InChI is InChI=1S/C16H23NO2/c1-4-19-14-9-7-13(8-10-14)15(18)16(2)11-5-6-12-17(16)3/h7-10H,4-6,11-12H2,1-3H3. The summed E-state index contributed by atoms with van der Waals surface area (Å²) in [5.74, 6) is 1.04. The summed E-state index contributed by atoms with van der Waals surface area (Å²) in [4.78, 5) is 14.9. The predicted octanol–water partition coefficient (Wildman–Crippen LogP) is 3.14. The first-order chi connectivity index (χ1) is 9.08. The fraction of sp³-hybridized carbons (Fsp3) is 0.562. The Balaban J connectivity index is 2.18. The largest absolute Gasteiger partial charge is 0.494 e. The van der Waals surface area contributed by atoms with Crippen molar-refractivity contribution in [1.29, 1.82) is 0 Å². The first-order valence-electron chi connectivity index (χ1n) is 7.07. The molecule has 2 rings (SSSR count). The Kier molecular flexibility index (Phi) is 4.25. The van der Waals surface area contributed by atoms with Crippen LogP contribution in [0.15, 0.2) is 24.3 Å². The maximum absolute atomic E-state index is 12.7. The van der Waals surface area contributed by atoms with Crippen LogP contribution in [0.25, 0.3) is 0 Å². The second kappa shape index (κ2) is 5.74. The molecule has 1 aliphatic heterocycles. The summed E-state index contributed by atoms with van der Waals surface area (Å²) in [6.45, 7) is 5.66. The number of ether oxygens (including phenoxy) is 1. The van der Waals surface area contributed by atoms with Crippen LogP contribution in [-0.2, 0) is 0 Å². The lowest BCUT2D eigenvalue weighted by molar-refractivity contribution is 0.0544. The van der Waals surface area contributed by atoms with Gasteiger partial charge < -0.3 is 4.74 Å². The van der Waals surface area contributed by atoms with Crippen LogP contribution in [0.3, 0.4) is 0 Å². The van der Waals surface area contributed by atoms with Crippen molar-refractivity contribution in [2.75, 3.05) is 20.2 Å². The molecule has 3 heteroatoms. The van der Waals surface area contributed by atoms with Crippen LogP contribution in [0.4, 0.5) is 0 Å². The number of likely N-dealkylation sites (tertiary alicyclic amines) is 1. The highest BCUT2D eigenvalue weighted by Crippen LogP contribution is 2.30. The number of likely N-dealkylation sites (N-methyl/N-ethyl adjacent to an activating group) is 1. The quantitative estimate of drug-likeness (QED) is 0.780. The summed E-state index contributed by atoms with van der Waals surface area (Å²) >= 11 is 0. The Morgan fingerprint density at radius 1 is 1.32 bits per heavy atom. The Hall–Kier alpha value is -1.35. The molecule has 0 aliphatic carbocycles. The van der Waals surface area contributed by atoms with Crippen LogP contribution in [-0.4, -0.2) is 36.4 Å². The van der Waals surface area contributed by atoms with Crippen LogP contribution in [0.2, 0.25) is 0 Å². The maximum Gasteiger partial charge on any atom is 0.182 e. The fourth-order valence-corrected chi connectivity index (χ4v) is 2.72.